The third kappa shape index (κ3) is 3.87. The third-order valence-corrected chi connectivity index (χ3v) is 5.84. The predicted octanol–water partition coefficient (Wildman–Crippen LogP) is 5.73. The van der Waals surface area contributed by atoms with E-state index in [0.29, 0.717) is 16.5 Å². The Balaban J connectivity index is 2.04. The largest absolute Gasteiger partial charge is 0.507 e. The second-order valence-corrected chi connectivity index (χ2v) is 8.27. The van der Waals surface area contributed by atoms with Crippen molar-refractivity contribution in [2.75, 3.05) is 12.0 Å². The molecule has 4 rings (SSSR count). The molecule has 1 fully saturated rings. The molecule has 33 heavy (non-hydrogen) atoms. The van der Waals surface area contributed by atoms with Gasteiger partial charge in [0.15, 0.2) is 0 Å². The lowest BCUT2D eigenvalue weighted by Crippen LogP contribution is -2.29. The molecule has 1 atom stereocenters. The predicted molar refractivity (Wildman–Crippen MR) is 125 cm³/mol. The molecule has 0 radical (unpaired) electrons. The number of aliphatic hydroxyl groups excluding tert-OH is 1. The van der Waals surface area contributed by atoms with Crippen molar-refractivity contribution in [2.24, 2.45) is 0 Å². The topological polar surface area (TPSA) is 66.8 Å². The summed E-state index contributed by atoms with van der Waals surface area (Å²) in [5.41, 5.74) is 1.96. The lowest BCUT2D eigenvalue weighted by Gasteiger charge is -2.26. The van der Waals surface area contributed by atoms with Crippen LogP contribution in [0.4, 0.5) is 10.1 Å². The van der Waals surface area contributed by atoms with Crippen molar-refractivity contribution in [3.8, 4) is 5.75 Å². The van der Waals surface area contributed by atoms with Crippen molar-refractivity contribution in [3.05, 3.63) is 99.3 Å². The van der Waals surface area contributed by atoms with Gasteiger partial charge in [0.2, 0.25) is 0 Å². The second-order valence-electron chi connectivity index (χ2n) is 7.83. The van der Waals surface area contributed by atoms with Gasteiger partial charge < -0.3 is 9.84 Å². The molecule has 3 aromatic rings. The number of hydrogen-bond donors (Lipinski definition) is 1. The molecular weight excluding hydrogens is 445 g/mol. The number of ketones is 1. The van der Waals surface area contributed by atoms with Crippen molar-refractivity contribution in [3.63, 3.8) is 0 Å². The van der Waals surface area contributed by atoms with Crippen LogP contribution < -0.4 is 9.64 Å². The molecule has 0 spiro atoms. The van der Waals surface area contributed by atoms with Crippen molar-refractivity contribution < 1.29 is 23.8 Å². The zero-order valence-electron chi connectivity index (χ0n) is 18.2. The van der Waals surface area contributed by atoms with Crippen LogP contribution >= 0.6 is 11.6 Å². The maximum Gasteiger partial charge on any atom is 0.300 e. The normalized spacial score (nSPS) is 17.5. The molecule has 1 saturated heterocycles. The summed E-state index contributed by atoms with van der Waals surface area (Å²) in [6.07, 6.45) is 0. The molecule has 1 N–H and O–H groups in total. The summed E-state index contributed by atoms with van der Waals surface area (Å²) in [6, 6.07) is 14.5. The molecule has 0 aliphatic carbocycles. The van der Waals surface area contributed by atoms with E-state index in [-0.39, 0.29) is 16.7 Å². The number of carbonyl (C=O) groups is 2. The number of hydrogen-bond acceptors (Lipinski definition) is 4. The lowest BCUT2D eigenvalue weighted by molar-refractivity contribution is -0.132. The number of methoxy groups -OCH3 is 1. The minimum absolute atomic E-state index is 0.0709. The number of ether oxygens (including phenoxy) is 1. The summed E-state index contributed by atoms with van der Waals surface area (Å²) in [5.74, 6) is -2.51. The molecule has 0 saturated carbocycles. The van der Waals surface area contributed by atoms with E-state index in [1.807, 2.05) is 19.9 Å². The van der Waals surface area contributed by atoms with Crippen LogP contribution in [0, 0.1) is 19.7 Å². The van der Waals surface area contributed by atoms with Gasteiger partial charge in [-0.1, -0.05) is 41.9 Å². The molecule has 1 amide bonds. The van der Waals surface area contributed by atoms with E-state index in [1.54, 1.807) is 30.3 Å². The summed E-state index contributed by atoms with van der Waals surface area (Å²) in [4.78, 5) is 27.6. The molecule has 1 aliphatic rings. The standard InChI is InChI=1S/C26H21ClFNO4/c1-14-11-15(2)25(33-3)19(12-14)23(30)21-22(18-9-4-5-10-20(18)28)29(26(32)24(21)31)17-8-6-7-16(27)13-17/h4-13,22,30H,1-3H3/b23-21+. The highest BCUT2D eigenvalue weighted by molar-refractivity contribution is 6.51. The Morgan fingerprint density at radius 1 is 1.06 bits per heavy atom. The first-order valence-electron chi connectivity index (χ1n) is 10.2. The van der Waals surface area contributed by atoms with Gasteiger partial charge in [-0.25, -0.2) is 4.39 Å². The first-order valence-corrected chi connectivity index (χ1v) is 10.6. The molecule has 168 valence electrons. The van der Waals surface area contributed by atoms with Crippen LogP contribution in [-0.4, -0.2) is 23.9 Å². The Kier molecular flexibility index (Phi) is 5.95. The van der Waals surface area contributed by atoms with E-state index in [4.69, 9.17) is 16.3 Å². The average Bonchev–Trinajstić information content (AvgIpc) is 3.03. The highest BCUT2D eigenvalue weighted by Gasteiger charge is 2.48. The summed E-state index contributed by atoms with van der Waals surface area (Å²) in [5, 5.41) is 11.7. The van der Waals surface area contributed by atoms with Crippen LogP contribution in [-0.2, 0) is 9.59 Å². The van der Waals surface area contributed by atoms with Crippen LogP contribution in [0.2, 0.25) is 5.02 Å². The van der Waals surface area contributed by atoms with Crippen molar-refractivity contribution in [1.29, 1.82) is 0 Å². The van der Waals surface area contributed by atoms with E-state index >= 15 is 0 Å². The zero-order valence-corrected chi connectivity index (χ0v) is 19.0. The number of anilines is 1. The number of aryl methyl sites for hydroxylation is 2. The van der Waals surface area contributed by atoms with Crippen LogP contribution in [0.3, 0.4) is 0 Å². The van der Waals surface area contributed by atoms with Gasteiger partial charge in [0.05, 0.1) is 24.3 Å². The number of Topliss-reactive ketones (excluding diaryl/α,β-unsaturated/α-hetero) is 1. The molecule has 3 aromatic carbocycles. The Morgan fingerprint density at radius 2 is 1.79 bits per heavy atom. The van der Waals surface area contributed by atoms with E-state index in [1.165, 1.54) is 31.4 Å². The molecular formula is C26H21ClFNO4. The van der Waals surface area contributed by atoms with Gasteiger partial charge in [-0.05, 0) is 55.3 Å². The summed E-state index contributed by atoms with van der Waals surface area (Å²) in [6.45, 7) is 3.64. The first-order chi connectivity index (χ1) is 15.7. The van der Waals surface area contributed by atoms with Crippen molar-refractivity contribution >= 4 is 34.7 Å². The number of benzene rings is 3. The van der Waals surface area contributed by atoms with E-state index < -0.39 is 29.3 Å². The number of rotatable bonds is 4. The Bertz CT molecular complexity index is 1320. The maximum atomic E-state index is 15.0. The molecule has 1 heterocycles. The van der Waals surface area contributed by atoms with Crippen molar-refractivity contribution in [1.82, 2.24) is 0 Å². The van der Waals surface area contributed by atoms with Gasteiger partial charge in [-0.2, -0.15) is 0 Å². The molecule has 7 heteroatoms. The molecule has 1 unspecified atom stereocenters. The Labute approximate surface area is 195 Å². The van der Waals surface area contributed by atoms with Gasteiger partial charge in [-0.15, -0.1) is 0 Å². The number of halogens is 2. The number of nitrogens with zero attached hydrogens (tertiary/aromatic N) is 1. The SMILES string of the molecule is COc1c(C)cc(C)cc1/C(O)=C1\C(=O)C(=O)N(c2cccc(Cl)c2)C1c1ccccc1F. The Hall–Kier alpha value is -3.64. The summed E-state index contributed by atoms with van der Waals surface area (Å²) in [7, 11) is 1.45. The van der Waals surface area contributed by atoms with Gasteiger partial charge in [-0.3, -0.25) is 14.5 Å². The van der Waals surface area contributed by atoms with Gasteiger partial charge in [0.1, 0.15) is 17.3 Å². The molecule has 1 aliphatic heterocycles. The Morgan fingerprint density at radius 3 is 2.45 bits per heavy atom. The van der Waals surface area contributed by atoms with Crippen molar-refractivity contribution in [2.45, 2.75) is 19.9 Å². The summed E-state index contributed by atoms with van der Waals surface area (Å²) >= 11 is 6.13. The number of amides is 1. The van der Waals surface area contributed by atoms with E-state index in [9.17, 15) is 19.1 Å². The molecule has 0 bridgehead atoms. The van der Waals surface area contributed by atoms with Crippen LogP contribution in [0.15, 0.2) is 66.2 Å². The minimum Gasteiger partial charge on any atom is -0.507 e. The highest BCUT2D eigenvalue weighted by atomic mass is 35.5. The minimum atomic E-state index is -1.20. The fourth-order valence-electron chi connectivity index (χ4n) is 4.26. The van der Waals surface area contributed by atoms with Crippen LogP contribution in [0.1, 0.15) is 28.3 Å². The number of aliphatic hydroxyl groups is 1. The average molecular weight is 466 g/mol. The van der Waals surface area contributed by atoms with Crippen LogP contribution in [0.25, 0.3) is 5.76 Å². The first kappa shape index (κ1) is 22.6. The zero-order chi connectivity index (χ0) is 23.9. The molecule has 0 aromatic heterocycles. The van der Waals surface area contributed by atoms with Gasteiger partial charge in [0, 0.05) is 16.3 Å². The third-order valence-electron chi connectivity index (χ3n) is 5.61. The van der Waals surface area contributed by atoms with Crippen LogP contribution in [0.5, 0.6) is 5.75 Å². The van der Waals surface area contributed by atoms with Gasteiger partial charge >= 0.3 is 0 Å². The fourth-order valence-corrected chi connectivity index (χ4v) is 4.45. The monoisotopic (exact) mass is 465 g/mol. The smallest absolute Gasteiger partial charge is 0.300 e. The fraction of sp³-hybridized carbons (Fsp3) is 0.154. The molecule has 5 nitrogen and oxygen atoms in total. The highest BCUT2D eigenvalue weighted by Crippen LogP contribution is 2.44. The number of carbonyl (C=O) groups excluding carboxylic acids is 2. The van der Waals surface area contributed by atoms with Gasteiger partial charge in [0.25, 0.3) is 11.7 Å². The maximum absolute atomic E-state index is 15.0. The quantitative estimate of drug-likeness (QED) is 0.303. The lowest BCUT2D eigenvalue weighted by atomic mass is 9.93. The second kappa shape index (κ2) is 8.71. The van der Waals surface area contributed by atoms with E-state index in [0.717, 1.165) is 16.0 Å². The van der Waals surface area contributed by atoms with E-state index in [2.05, 4.69) is 0 Å². The summed E-state index contributed by atoms with van der Waals surface area (Å²) < 4.78 is 20.4.